The fourth-order valence-corrected chi connectivity index (χ4v) is 1.80. The van der Waals surface area contributed by atoms with E-state index in [-0.39, 0.29) is 6.61 Å². The molecule has 0 bridgehead atoms. The maximum absolute atomic E-state index is 11.5. The molecule has 0 unspecified atom stereocenters. The van der Waals surface area contributed by atoms with Crippen molar-refractivity contribution in [3.05, 3.63) is 42.4 Å². The van der Waals surface area contributed by atoms with E-state index in [2.05, 4.69) is 10.6 Å². The van der Waals surface area contributed by atoms with Crippen LogP contribution in [0.15, 0.2) is 30.3 Å². The third kappa shape index (κ3) is 10.5. The Morgan fingerprint density at radius 3 is 2.46 bits per heavy atom. The van der Waals surface area contributed by atoms with Crippen LogP contribution in [0.3, 0.4) is 0 Å². The fourth-order valence-electron chi connectivity index (χ4n) is 1.80. The van der Waals surface area contributed by atoms with E-state index in [4.69, 9.17) is 9.47 Å². The predicted octanol–water partition coefficient (Wildman–Crippen LogP) is 3.77. The summed E-state index contributed by atoms with van der Waals surface area (Å²) in [4.78, 5) is 22.9. The molecule has 2 amide bonds. The molecule has 0 saturated heterocycles. The molecule has 0 heterocycles. The van der Waals surface area contributed by atoms with Gasteiger partial charge in [0.1, 0.15) is 12.2 Å². The Morgan fingerprint density at radius 1 is 1.08 bits per heavy atom. The number of benzene rings is 1. The van der Waals surface area contributed by atoms with E-state index in [1.54, 1.807) is 6.54 Å². The minimum Gasteiger partial charge on any atom is -0.445 e. The summed E-state index contributed by atoms with van der Waals surface area (Å²) >= 11 is 0. The largest absolute Gasteiger partial charge is 0.445 e. The van der Waals surface area contributed by atoms with Gasteiger partial charge in [-0.05, 0) is 45.6 Å². The number of carbonyl (C=O) groups excluding carboxylic acids is 2. The number of carbonyl (C=O) groups is 2. The highest BCUT2D eigenvalue weighted by Gasteiger charge is 2.15. The second-order valence-corrected chi connectivity index (χ2v) is 6.33. The lowest BCUT2D eigenvalue weighted by molar-refractivity contribution is 0.0527. The number of amides is 2. The van der Waals surface area contributed by atoms with E-state index in [9.17, 15) is 9.59 Å². The first-order valence-electron chi connectivity index (χ1n) is 8.12. The van der Waals surface area contributed by atoms with Crippen LogP contribution in [0.25, 0.3) is 0 Å². The number of hydrogen-bond donors (Lipinski definition) is 2. The van der Waals surface area contributed by atoms with Crippen LogP contribution in [0.2, 0.25) is 0 Å². The normalized spacial score (nSPS) is 10.8. The van der Waals surface area contributed by atoms with Crippen LogP contribution in [-0.2, 0) is 16.1 Å². The molecule has 1 aromatic carbocycles. The molecule has 2 N–H and O–H groups in total. The van der Waals surface area contributed by atoms with Crippen LogP contribution in [-0.4, -0.2) is 24.3 Å². The van der Waals surface area contributed by atoms with Crippen LogP contribution in [0, 0.1) is 6.54 Å². The molecule has 1 radical (unpaired) electrons. The molecule has 0 aliphatic heterocycles. The van der Waals surface area contributed by atoms with Gasteiger partial charge in [-0.15, -0.1) is 0 Å². The Hall–Kier alpha value is -2.24. The molecular formula is C18H27N2O4. The van der Waals surface area contributed by atoms with Crippen molar-refractivity contribution in [3.63, 3.8) is 0 Å². The van der Waals surface area contributed by atoms with Gasteiger partial charge < -0.3 is 20.1 Å². The quantitative estimate of drug-likeness (QED) is 0.709. The van der Waals surface area contributed by atoms with E-state index < -0.39 is 17.8 Å². The average Bonchev–Trinajstić information content (AvgIpc) is 2.51. The van der Waals surface area contributed by atoms with Crippen molar-refractivity contribution in [3.8, 4) is 0 Å². The first kappa shape index (κ1) is 19.8. The summed E-state index contributed by atoms with van der Waals surface area (Å²) in [6, 6.07) is 9.50. The molecule has 6 heteroatoms. The van der Waals surface area contributed by atoms with E-state index in [1.165, 1.54) is 0 Å². The maximum atomic E-state index is 11.5. The highest BCUT2D eigenvalue weighted by atomic mass is 16.6. The zero-order chi connectivity index (χ0) is 17.8. The summed E-state index contributed by atoms with van der Waals surface area (Å²) in [5, 5.41) is 5.28. The van der Waals surface area contributed by atoms with Gasteiger partial charge in [-0.25, -0.2) is 9.59 Å². The van der Waals surface area contributed by atoms with Crippen molar-refractivity contribution in [2.75, 3.05) is 6.54 Å². The second-order valence-electron chi connectivity index (χ2n) is 6.33. The third-order valence-corrected chi connectivity index (χ3v) is 2.88. The van der Waals surface area contributed by atoms with Crippen molar-refractivity contribution in [1.29, 1.82) is 0 Å². The van der Waals surface area contributed by atoms with Crippen molar-refractivity contribution in [2.45, 2.75) is 52.2 Å². The second kappa shape index (κ2) is 10.5. The summed E-state index contributed by atoms with van der Waals surface area (Å²) in [7, 11) is 0. The number of unbranched alkanes of at least 4 members (excludes halogenated alkanes) is 2. The standard InChI is InChI=1S/C18H27N2O4/c1-18(2,3)24-17(22)20-13-9-5-8-12-19-16(21)23-14-15-10-6-4-7-11-15/h4,6-7,10-12H,5,8-9,13-14H2,1-3H3,(H,19,21)(H,20,22). The third-order valence-electron chi connectivity index (χ3n) is 2.88. The molecule has 1 rings (SSSR count). The number of nitrogens with one attached hydrogen (secondary N) is 2. The highest BCUT2D eigenvalue weighted by Crippen LogP contribution is 2.06. The summed E-state index contributed by atoms with van der Waals surface area (Å²) < 4.78 is 10.2. The average molecular weight is 335 g/mol. The van der Waals surface area contributed by atoms with E-state index >= 15 is 0 Å². The lowest BCUT2D eigenvalue weighted by Crippen LogP contribution is -2.33. The molecule has 0 aliphatic carbocycles. The molecule has 1 aromatic rings. The number of hydrogen-bond acceptors (Lipinski definition) is 4. The van der Waals surface area contributed by atoms with Gasteiger partial charge in [0, 0.05) is 6.54 Å². The van der Waals surface area contributed by atoms with Crippen LogP contribution in [0.1, 0.15) is 45.6 Å². The Kier molecular flexibility index (Phi) is 8.68. The first-order valence-corrected chi connectivity index (χ1v) is 8.12. The van der Waals surface area contributed by atoms with Crippen molar-refractivity contribution < 1.29 is 19.1 Å². The lowest BCUT2D eigenvalue weighted by Gasteiger charge is -2.19. The molecule has 0 saturated carbocycles. The lowest BCUT2D eigenvalue weighted by atomic mass is 10.2. The Balaban J connectivity index is 1.96. The Labute approximate surface area is 143 Å². The topological polar surface area (TPSA) is 76.7 Å². The van der Waals surface area contributed by atoms with Crippen molar-refractivity contribution >= 4 is 12.2 Å². The molecule has 0 aliphatic rings. The van der Waals surface area contributed by atoms with Gasteiger partial charge >= 0.3 is 12.2 Å². The summed E-state index contributed by atoms with van der Waals surface area (Å²) in [6.07, 6.45) is 1.47. The number of ether oxygens (including phenoxy) is 2. The van der Waals surface area contributed by atoms with Crippen LogP contribution >= 0.6 is 0 Å². The molecule has 0 spiro atoms. The van der Waals surface area contributed by atoms with Crippen LogP contribution in [0.5, 0.6) is 0 Å². The number of alkyl carbamates (subject to hydrolysis) is 2. The molecule has 133 valence electrons. The minimum absolute atomic E-state index is 0.250. The van der Waals surface area contributed by atoms with Gasteiger partial charge in [0.15, 0.2) is 0 Å². The fraction of sp³-hybridized carbons (Fsp3) is 0.500. The van der Waals surface area contributed by atoms with Gasteiger partial charge in [-0.2, -0.15) is 0 Å². The first-order chi connectivity index (χ1) is 11.4. The van der Waals surface area contributed by atoms with Gasteiger partial charge in [0.05, 0.1) is 6.54 Å². The summed E-state index contributed by atoms with van der Waals surface area (Å²) in [5.74, 6) is 0. The maximum Gasteiger partial charge on any atom is 0.407 e. The highest BCUT2D eigenvalue weighted by molar-refractivity contribution is 5.68. The summed E-state index contributed by atoms with van der Waals surface area (Å²) in [6.45, 7) is 7.93. The zero-order valence-electron chi connectivity index (χ0n) is 14.6. The predicted molar refractivity (Wildman–Crippen MR) is 92.2 cm³/mol. The van der Waals surface area contributed by atoms with E-state index in [1.807, 2.05) is 51.1 Å². The smallest absolute Gasteiger partial charge is 0.407 e. The van der Waals surface area contributed by atoms with E-state index in [0.717, 1.165) is 18.4 Å². The molecule has 0 atom stereocenters. The van der Waals surface area contributed by atoms with Gasteiger partial charge in [0.2, 0.25) is 0 Å². The molecule has 6 nitrogen and oxygen atoms in total. The van der Waals surface area contributed by atoms with E-state index in [0.29, 0.717) is 13.0 Å². The van der Waals surface area contributed by atoms with Crippen molar-refractivity contribution in [1.82, 2.24) is 10.6 Å². The number of rotatable bonds is 8. The van der Waals surface area contributed by atoms with Gasteiger partial charge in [-0.1, -0.05) is 30.3 Å². The van der Waals surface area contributed by atoms with Gasteiger partial charge in [-0.3, -0.25) is 0 Å². The monoisotopic (exact) mass is 335 g/mol. The Morgan fingerprint density at radius 2 is 1.79 bits per heavy atom. The zero-order valence-corrected chi connectivity index (χ0v) is 14.6. The van der Waals surface area contributed by atoms with Crippen molar-refractivity contribution in [2.24, 2.45) is 0 Å². The molecule has 0 fully saturated rings. The SMILES string of the molecule is CC(C)(C)OC(=O)NCCCC[CH]NC(=O)OCc1ccccc1. The summed E-state index contributed by atoms with van der Waals surface area (Å²) in [5.41, 5.74) is 0.461. The minimum atomic E-state index is -0.484. The van der Waals surface area contributed by atoms with Crippen LogP contribution < -0.4 is 10.6 Å². The Bertz CT molecular complexity index is 497. The van der Waals surface area contributed by atoms with Gasteiger partial charge in [0.25, 0.3) is 0 Å². The molecular weight excluding hydrogens is 308 g/mol. The molecule has 24 heavy (non-hydrogen) atoms. The van der Waals surface area contributed by atoms with Crippen LogP contribution in [0.4, 0.5) is 9.59 Å². The molecule has 0 aromatic heterocycles.